The van der Waals surface area contributed by atoms with Crippen LogP contribution in [0.3, 0.4) is 0 Å². The number of hydrogen-bond donors (Lipinski definition) is 2. The van der Waals surface area contributed by atoms with Crippen molar-refractivity contribution in [2.24, 2.45) is 0 Å². The molecule has 2 atom stereocenters. The number of hydrogen-bond acceptors (Lipinski definition) is 5. The Hall–Kier alpha value is -1.24. The summed E-state index contributed by atoms with van der Waals surface area (Å²) in [6.07, 6.45) is 2.48. The first-order chi connectivity index (χ1) is 11.3. The highest BCUT2D eigenvalue weighted by Crippen LogP contribution is 2.26. The van der Waals surface area contributed by atoms with Crippen LogP contribution < -0.4 is 15.4 Å². The van der Waals surface area contributed by atoms with Gasteiger partial charge in [0.15, 0.2) is 0 Å². The van der Waals surface area contributed by atoms with Gasteiger partial charge in [0.05, 0.1) is 19.2 Å². The lowest BCUT2D eigenvalue weighted by Gasteiger charge is -2.28. The van der Waals surface area contributed by atoms with Gasteiger partial charge in [0.25, 0.3) is 0 Å². The highest BCUT2D eigenvalue weighted by Gasteiger charge is 2.27. The summed E-state index contributed by atoms with van der Waals surface area (Å²) in [4.78, 5) is 14.7. The lowest BCUT2D eigenvalue weighted by Crippen LogP contribution is -2.45. The molecule has 1 aromatic rings. The van der Waals surface area contributed by atoms with Gasteiger partial charge in [0, 0.05) is 18.2 Å². The van der Waals surface area contributed by atoms with Gasteiger partial charge in [-0.1, -0.05) is 12.1 Å². The van der Waals surface area contributed by atoms with Crippen LogP contribution in [0.5, 0.6) is 5.75 Å². The van der Waals surface area contributed by atoms with E-state index in [1.54, 1.807) is 18.9 Å². The summed E-state index contributed by atoms with van der Waals surface area (Å²) in [6, 6.07) is 8.40. The van der Waals surface area contributed by atoms with Crippen molar-refractivity contribution in [3.63, 3.8) is 0 Å². The predicted molar refractivity (Wildman–Crippen MR) is 93.8 cm³/mol. The SMILES string of the molecule is COc1ccc([C@@H](CNC(=O)[C@H]2CSCN2)N2CCCC2)cc1. The van der Waals surface area contributed by atoms with E-state index in [1.807, 2.05) is 12.1 Å². The number of carbonyl (C=O) groups is 1. The molecule has 2 aliphatic rings. The van der Waals surface area contributed by atoms with Crippen LogP contribution in [-0.4, -0.2) is 55.2 Å². The van der Waals surface area contributed by atoms with Crippen molar-refractivity contribution in [3.8, 4) is 5.75 Å². The second-order valence-corrected chi connectivity index (χ2v) is 7.08. The van der Waals surface area contributed by atoms with Gasteiger partial charge in [-0.05, 0) is 43.6 Å². The molecule has 6 heteroatoms. The molecule has 3 rings (SSSR count). The van der Waals surface area contributed by atoms with E-state index in [0.717, 1.165) is 30.5 Å². The third kappa shape index (κ3) is 4.19. The van der Waals surface area contributed by atoms with Crippen molar-refractivity contribution in [3.05, 3.63) is 29.8 Å². The number of nitrogens with zero attached hydrogens (tertiary/aromatic N) is 1. The minimum Gasteiger partial charge on any atom is -0.497 e. The molecule has 0 radical (unpaired) electrons. The number of nitrogens with one attached hydrogen (secondary N) is 2. The summed E-state index contributed by atoms with van der Waals surface area (Å²) in [7, 11) is 1.68. The lowest BCUT2D eigenvalue weighted by atomic mass is 10.0. The Morgan fingerprint density at radius 1 is 1.39 bits per heavy atom. The van der Waals surface area contributed by atoms with Gasteiger partial charge in [0.2, 0.25) is 5.91 Å². The number of benzene rings is 1. The van der Waals surface area contributed by atoms with Crippen LogP contribution in [0.25, 0.3) is 0 Å². The fourth-order valence-corrected chi connectivity index (χ4v) is 4.16. The monoisotopic (exact) mass is 335 g/mol. The molecule has 2 fully saturated rings. The van der Waals surface area contributed by atoms with Crippen molar-refractivity contribution in [2.45, 2.75) is 24.9 Å². The second kappa shape index (κ2) is 8.04. The largest absolute Gasteiger partial charge is 0.497 e. The summed E-state index contributed by atoms with van der Waals surface area (Å²) in [5.41, 5.74) is 1.24. The highest BCUT2D eigenvalue weighted by molar-refractivity contribution is 7.99. The van der Waals surface area contributed by atoms with Crippen LogP contribution in [0.15, 0.2) is 24.3 Å². The third-order valence-corrected chi connectivity index (χ3v) is 5.52. The summed E-state index contributed by atoms with van der Waals surface area (Å²) >= 11 is 1.77. The molecule has 0 bridgehead atoms. The molecular weight excluding hydrogens is 310 g/mol. The maximum atomic E-state index is 12.3. The molecule has 0 aromatic heterocycles. The molecule has 0 aliphatic carbocycles. The van der Waals surface area contributed by atoms with Gasteiger partial charge < -0.3 is 10.1 Å². The zero-order valence-corrected chi connectivity index (χ0v) is 14.4. The number of rotatable bonds is 6. The maximum Gasteiger partial charge on any atom is 0.238 e. The van der Waals surface area contributed by atoms with E-state index in [4.69, 9.17) is 4.74 Å². The van der Waals surface area contributed by atoms with Gasteiger partial charge in [-0.15, -0.1) is 11.8 Å². The van der Waals surface area contributed by atoms with Crippen LogP contribution >= 0.6 is 11.8 Å². The molecule has 23 heavy (non-hydrogen) atoms. The predicted octanol–water partition coefficient (Wildman–Crippen LogP) is 1.61. The first-order valence-corrected chi connectivity index (χ1v) is 9.40. The number of thioether (sulfide) groups is 1. The molecule has 2 aliphatic heterocycles. The standard InChI is InChI=1S/C17H25N3O2S/c1-22-14-6-4-13(5-7-14)16(20-8-2-3-9-20)10-18-17(21)15-11-23-12-19-15/h4-7,15-16,19H,2-3,8-12H2,1H3,(H,18,21)/t15-,16-/m1/s1. The van der Waals surface area contributed by atoms with Crippen LogP contribution in [0.1, 0.15) is 24.4 Å². The van der Waals surface area contributed by atoms with Gasteiger partial charge >= 0.3 is 0 Å². The molecule has 1 amide bonds. The van der Waals surface area contributed by atoms with Gasteiger partial charge in [-0.3, -0.25) is 15.0 Å². The molecule has 0 saturated carbocycles. The average molecular weight is 335 g/mol. The van der Waals surface area contributed by atoms with Crippen LogP contribution in [0.4, 0.5) is 0 Å². The fourth-order valence-electron chi connectivity index (χ4n) is 3.22. The number of likely N-dealkylation sites (tertiary alicyclic amines) is 1. The topological polar surface area (TPSA) is 53.6 Å². The van der Waals surface area contributed by atoms with Gasteiger partial charge in [0.1, 0.15) is 5.75 Å². The van der Waals surface area contributed by atoms with Crippen molar-refractivity contribution in [1.29, 1.82) is 0 Å². The first kappa shape index (κ1) is 16.6. The molecule has 0 spiro atoms. The Morgan fingerprint density at radius 2 is 2.13 bits per heavy atom. The molecule has 5 nitrogen and oxygen atoms in total. The minimum absolute atomic E-state index is 0.0462. The Labute approximate surface area is 142 Å². The normalized spacial score (nSPS) is 22.9. The molecule has 1 aromatic carbocycles. The molecule has 2 N–H and O–H groups in total. The van der Waals surface area contributed by atoms with E-state index in [0.29, 0.717) is 6.54 Å². The quantitative estimate of drug-likeness (QED) is 0.827. The van der Waals surface area contributed by atoms with E-state index < -0.39 is 0 Å². The van der Waals surface area contributed by atoms with Crippen LogP contribution in [-0.2, 0) is 4.79 Å². The zero-order valence-electron chi connectivity index (χ0n) is 13.6. The maximum absolute atomic E-state index is 12.3. The first-order valence-electron chi connectivity index (χ1n) is 8.25. The number of ether oxygens (including phenoxy) is 1. The van der Waals surface area contributed by atoms with Crippen molar-refractivity contribution in [2.75, 3.05) is 38.4 Å². The summed E-state index contributed by atoms with van der Waals surface area (Å²) in [6.45, 7) is 2.86. The summed E-state index contributed by atoms with van der Waals surface area (Å²) in [5.74, 6) is 2.72. The Bertz CT molecular complexity index is 511. The molecule has 0 unspecified atom stereocenters. The summed E-state index contributed by atoms with van der Waals surface area (Å²) < 4.78 is 5.25. The molecule has 126 valence electrons. The van der Waals surface area contributed by atoms with Crippen LogP contribution in [0, 0.1) is 0 Å². The lowest BCUT2D eigenvalue weighted by molar-refractivity contribution is -0.122. The van der Waals surface area contributed by atoms with E-state index in [1.165, 1.54) is 18.4 Å². The number of methoxy groups -OCH3 is 1. The number of carbonyl (C=O) groups excluding carboxylic acids is 1. The Kier molecular flexibility index (Phi) is 5.80. The second-order valence-electron chi connectivity index (χ2n) is 6.05. The Morgan fingerprint density at radius 3 is 2.74 bits per heavy atom. The zero-order chi connectivity index (χ0) is 16.1. The molecule has 2 saturated heterocycles. The van der Waals surface area contributed by atoms with Crippen molar-refractivity contribution < 1.29 is 9.53 Å². The van der Waals surface area contributed by atoms with E-state index >= 15 is 0 Å². The number of amides is 1. The molecular formula is C17H25N3O2S. The van der Waals surface area contributed by atoms with Gasteiger partial charge in [-0.2, -0.15) is 0 Å². The summed E-state index contributed by atoms with van der Waals surface area (Å²) in [5, 5.41) is 6.37. The molecule has 2 heterocycles. The van der Waals surface area contributed by atoms with Crippen LogP contribution in [0.2, 0.25) is 0 Å². The van der Waals surface area contributed by atoms with E-state index in [-0.39, 0.29) is 18.0 Å². The highest BCUT2D eigenvalue weighted by atomic mass is 32.2. The Balaban J connectivity index is 1.66. The average Bonchev–Trinajstić information content (AvgIpc) is 3.29. The smallest absolute Gasteiger partial charge is 0.238 e. The van der Waals surface area contributed by atoms with Crippen molar-refractivity contribution in [1.82, 2.24) is 15.5 Å². The minimum atomic E-state index is -0.0462. The third-order valence-electron chi connectivity index (χ3n) is 4.58. The fraction of sp³-hybridized carbons (Fsp3) is 0.588. The van der Waals surface area contributed by atoms with E-state index in [2.05, 4.69) is 27.7 Å². The van der Waals surface area contributed by atoms with Gasteiger partial charge in [-0.25, -0.2) is 0 Å². The van der Waals surface area contributed by atoms with Crippen molar-refractivity contribution >= 4 is 17.7 Å². The van der Waals surface area contributed by atoms with E-state index in [9.17, 15) is 4.79 Å².